The number of aromatic nitrogens is 1. The lowest BCUT2D eigenvalue weighted by Gasteiger charge is -2.24. The Kier molecular flexibility index (Phi) is 4.80. The second-order valence-electron chi connectivity index (χ2n) is 4.72. The lowest BCUT2D eigenvalue weighted by Crippen LogP contribution is -2.13. The minimum absolute atomic E-state index is 0.702. The molecule has 1 fully saturated rings. The molecule has 1 heterocycles. The van der Waals surface area contributed by atoms with E-state index in [4.69, 9.17) is 4.74 Å². The predicted octanol–water partition coefficient (Wildman–Crippen LogP) is 3.22. The molecular formula is C14H22N2O. The van der Waals surface area contributed by atoms with Gasteiger partial charge in [0.1, 0.15) is 5.82 Å². The number of hydrogen-bond acceptors (Lipinski definition) is 3. The van der Waals surface area contributed by atoms with Crippen molar-refractivity contribution in [1.29, 1.82) is 0 Å². The molecule has 0 aromatic carbocycles. The fraction of sp³-hybridized carbons (Fsp3) is 0.643. The zero-order valence-electron chi connectivity index (χ0n) is 10.6. The van der Waals surface area contributed by atoms with E-state index in [2.05, 4.69) is 23.3 Å². The van der Waals surface area contributed by atoms with Gasteiger partial charge in [-0.15, -0.1) is 0 Å². The Morgan fingerprint density at radius 2 is 2.35 bits per heavy atom. The maximum atomic E-state index is 5.70. The second-order valence-corrected chi connectivity index (χ2v) is 4.72. The van der Waals surface area contributed by atoms with E-state index in [0.717, 1.165) is 24.9 Å². The van der Waals surface area contributed by atoms with Gasteiger partial charge in [-0.05, 0) is 37.0 Å². The standard InChI is InChI=1S/C14H22N2O/c1-2-15-14-10-13(6-8-16-14)11-17-9-7-12-4-3-5-12/h6,8,10,12H,2-5,7,9,11H2,1H3,(H,15,16). The lowest BCUT2D eigenvalue weighted by atomic mass is 9.83. The third-order valence-corrected chi connectivity index (χ3v) is 3.35. The zero-order chi connectivity index (χ0) is 11.9. The van der Waals surface area contributed by atoms with Gasteiger partial charge in [0, 0.05) is 19.3 Å². The normalized spacial score (nSPS) is 15.6. The molecule has 0 atom stereocenters. The number of pyridine rings is 1. The molecule has 2 rings (SSSR count). The lowest BCUT2D eigenvalue weighted by molar-refractivity contribution is 0.0950. The van der Waals surface area contributed by atoms with E-state index >= 15 is 0 Å². The van der Waals surface area contributed by atoms with Gasteiger partial charge < -0.3 is 10.1 Å². The molecule has 1 aliphatic rings. The van der Waals surface area contributed by atoms with E-state index in [1.807, 2.05) is 12.3 Å². The molecule has 0 amide bonds. The average molecular weight is 234 g/mol. The van der Waals surface area contributed by atoms with E-state index in [-0.39, 0.29) is 0 Å². The summed E-state index contributed by atoms with van der Waals surface area (Å²) in [4.78, 5) is 4.24. The molecule has 1 saturated carbocycles. The number of nitrogens with zero attached hydrogens (tertiary/aromatic N) is 1. The largest absolute Gasteiger partial charge is 0.377 e. The summed E-state index contributed by atoms with van der Waals surface area (Å²) in [7, 11) is 0. The SMILES string of the molecule is CCNc1cc(COCCC2CCC2)ccn1. The minimum atomic E-state index is 0.702. The zero-order valence-corrected chi connectivity index (χ0v) is 10.6. The van der Waals surface area contributed by atoms with Crippen LogP contribution in [0.5, 0.6) is 0 Å². The minimum Gasteiger partial charge on any atom is -0.377 e. The van der Waals surface area contributed by atoms with E-state index in [9.17, 15) is 0 Å². The monoisotopic (exact) mass is 234 g/mol. The quantitative estimate of drug-likeness (QED) is 0.735. The van der Waals surface area contributed by atoms with Gasteiger partial charge in [0.2, 0.25) is 0 Å². The molecule has 3 nitrogen and oxygen atoms in total. The van der Waals surface area contributed by atoms with E-state index in [1.165, 1.54) is 31.2 Å². The van der Waals surface area contributed by atoms with Gasteiger partial charge in [-0.1, -0.05) is 19.3 Å². The maximum Gasteiger partial charge on any atom is 0.126 e. The van der Waals surface area contributed by atoms with Crippen LogP contribution in [-0.4, -0.2) is 18.1 Å². The Morgan fingerprint density at radius 1 is 1.47 bits per heavy atom. The van der Waals surface area contributed by atoms with Gasteiger partial charge in [-0.2, -0.15) is 0 Å². The highest BCUT2D eigenvalue weighted by Gasteiger charge is 2.16. The van der Waals surface area contributed by atoms with Gasteiger partial charge in [0.15, 0.2) is 0 Å². The second kappa shape index (κ2) is 6.60. The molecule has 0 aliphatic heterocycles. The van der Waals surface area contributed by atoms with E-state index in [1.54, 1.807) is 0 Å². The van der Waals surface area contributed by atoms with Crippen molar-refractivity contribution in [2.45, 2.75) is 39.2 Å². The van der Waals surface area contributed by atoms with Crippen molar-refractivity contribution in [2.24, 2.45) is 5.92 Å². The van der Waals surface area contributed by atoms with Crippen molar-refractivity contribution in [3.63, 3.8) is 0 Å². The Hall–Kier alpha value is -1.09. The van der Waals surface area contributed by atoms with E-state index < -0.39 is 0 Å². The van der Waals surface area contributed by atoms with Gasteiger partial charge in [-0.3, -0.25) is 0 Å². The van der Waals surface area contributed by atoms with Crippen molar-refractivity contribution >= 4 is 5.82 Å². The maximum absolute atomic E-state index is 5.70. The summed E-state index contributed by atoms with van der Waals surface area (Å²) in [6.45, 7) is 4.57. The van der Waals surface area contributed by atoms with Gasteiger partial charge in [0.05, 0.1) is 6.61 Å². The van der Waals surface area contributed by atoms with Crippen LogP contribution in [0.1, 0.15) is 38.2 Å². The highest BCUT2D eigenvalue weighted by Crippen LogP contribution is 2.29. The molecule has 94 valence electrons. The summed E-state index contributed by atoms with van der Waals surface area (Å²) in [6.07, 6.45) is 7.29. The molecule has 1 aliphatic carbocycles. The van der Waals surface area contributed by atoms with Crippen molar-refractivity contribution in [1.82, 2.24) is 4.98 Å². The summed E-state index contributed by atoms with van der Waals surface area (Å²) < 4.78 is 5.70. The van der Waals surface area contributed by atoms with Crippen molar-refractivity contribution in [2.75, 3.05) is 18.5 Å². The summed E-state index contributed by atoms with van der Waals surface area (Å²) in [6, 6.07) is 4.08. The summed E-state index contributed by atoms with van der Waals surface area (Å²) in [5.41, 5.74) is 1.20. The Labute approximate surface area is 104 Å². The van der Waals surface area contributed by atoms with Gasteiger partial charge in [0.25, 0.3) is 0 Å². The van der Waals surface area contributed by atoms with Crippen LogP contribution in [0.2, 0.25) is 0 Å². The topological polar surface area (TPSA) is 34.1 Å². The molecule has 1 aromatic heterocycles. The van der Waals surface area contributed by atoms with Crippen LogP contribution in [0.15, 0.2) is 18.3 Å². The first-order valence-corrected chi connectivity index (χ1v) is 6.65. The van der Waals surface area contributed by atoms with Crippen LogP contribution in [0, 0.1) is 5.92 Å². The van der Waals surface area contributed by atoms with Crippen LogP contribution in [0.4, 0.5) is 5.82 Å². The average Bonchev–Trinajstić information content (AvgIpc) is 2.27. The molecule has 0 spiro atoms. The summed E-state index contributed by atoms with van der Waals surface area (Å²) in [5.74, 6) is 1.87. The van der Waals surface area contributed by atoms with Crippen LogP contribution in [-0.2, 0) is 11.3 Å². The summed E-state index contributed by atoms with van der Waals surface area (Å²) in [5, 5.41) is 3.21. The highest BCUT2D eigenvalue weighted by molar-refractivity contribution is 5.36. The van der Waals surface area contributed by atoms with Gasteiger partial charge >= 0.3 is 0 Å². The molecule has 0 radical (unpaired) electrons. The third-order valence-electron chi connectivity index (χ3n) is 3.35. The van der Waals surface area contributed by atoms with Crippen LogP contribution in [0.3, 0.4) is 0 Å². The highest BCUT2D eigenvalue weighted by atomic mass is 16.5. The number of anilines is 1. The fourth-order valence-corrected chi connectivity index (χ4v) is 2.06. The van der Waals surface area contributed by atoms with Crippen LogP contribution < -0.4 is 5.32 Å². The number of hydrogen-bond donors (Lipinski definition) is 1. The first kappa shape index (κ1) is 12.4. The Balaban J connectivity index is 1.68. The van der Waals surface area contributed by atoms with E-state index in [0.29, 0.717) is 6.61 Å². The molecule has 1 aromatic rings. The van der Waals surface area contributed by atoms with Crippen LogP contribution >= 0.6 is 0 Å². The Bertz CT molecular complexity index is 337. The van der Waals surface area contributed by atoms with Crippen molar-refractivity contribution in [3.8, 4) is 0 Å². The van der Waals surface area contributed by atoms with Gasteiger partial charge in [-0.25, -0.2) is 4.98 Å². The molecule has 17 heavy (non-hydrogen) atoms. The smallest absolute Gasteiger partial charge is 0.126 e. The van der Waals surface area contributed by atoms with Crippen molar-refractivity contribution in [3.05, 3.63) is 23.9 Å². The van der Waals surface area contributed by atoms with Crippen molar-refractivity contribution < 1.29 is 4.74 Å². The number of ether oxygens (including phenoxy) is 1. The molecule has 0 bridgehead atoms. The molecule has 0 saturated heterocycles. The third kappa shape index (κ3) is 4.00. The molecule has 3 heteroatoms. The Morgan fingerprint density at radius 3 is 3.06 bits per heavy atom. The molecular weight excluding hydrogens is 212 g/mol. The predicted molar refractivity (Wildman–Crippen MR) is 70.0 cm³/mol. The van der Waals surface area contributed by atoms with Crippen LogP contribution in [0.25, 0.3) is 0 Å². The summed E-state index contributed by atoms with van der Waals surface area (Å²) >= 11 is 0. The first-order chi connectivity index (χ1) is 8.38. The first-order valence-electron chi connectivity index (χ1n) is 6.65. The number of nitrogens with one attached hydrogen (secondary N) is 1. The molecule has 1 N–H and O–H groups in total. The molecule has 0 unspecified atom stereocenters. The number of rotatable bonds is 7. The fourth-order valence-electron chi connectivity index (χ4n) is 2.06.